The Morgan fingerprint density at radius 1 is 0.255 bits per heavy atom. The van der Waals surface area contributed by atoms with Crippen LogP contribution in [0.25, 0.3) is 101 Å². The first kappa shape index (κ1) is 32.2. The summed E-state index contributed by atoms with van der Waals surface area (Å²) in [5.74, 6) is 1.32. The lowest BCUT2D eigenvalue weighted by atomic mass is 9.95. The third-order valence-electron chi connectivity index (χ3n) is 9.89. The Morgan fingerprint density at radius 3 is 1.16 bits per heavy atom. The fraction of sp³-hybridized carbons (Fsp3) is 0. The third-order valence-corrected chi connectivity index (χ3v) is 9.89. The number of nitrogens with zero attached hydrogens (tertiary/aromatic N) is 4. The van der Waals surface area contributed by atoms with E-state index in [1.54, 1.807) is 0 Å². The molecule has 0 radical (unpaired) electrons. The maximum atomic E-state index is 6.36. The molecule has 0 atom stereocenters. The summed E-state index contributed by atoms with van der Waals surface area (Å²) in [6, 6.07) is 66.2. The predicted octanol–water partition coefficient (Wildman–Crippen LogP) is 12.8. The van der Waals surface area contributed by atoms with Gasteiger partial charge in [-0.1, -0.05) is 146 Å². The van der Waals surface area contributed by atoms with Crippen LogP contribution in [0.4, 0.5) is 0 Å². The van der Waals surface area contributed by atoms with Crippen LogP contribution in [0.1, 0.15) is 0 Å². The Balaban J connectivity index is 1.22. The van der Waals surface area contributed by atoms with Crippen LogP contribution in [0, 0.1) is 0 Å². The van der Waals surface area contributed by atoms with Crippen molar-refractivity contribution in [1.29, 1.82) is 0 Å². The number of fused-ring (bicyclic) bond motifs is 3. The van der Waals surface area contributed by atoms with Crippen molar-refractivity contribution in [2.75, 3.05) is 0 Å². The summed E-state index contributed by atoms with van der Waals surface area (Å²) in [5, 5.41) is 2.19. The Bertz CT molecular complexity index is 2700. The molecule has 3 aromatic heterocycles. The Hall–Kier alpha value is -7.50. The van der Waals surface area contributed by atoms with Gasteiger partial charge in [-0.15, -0.1) is 0 Å². The van der Waals surface area contributed by atoms with Gasteiger partial charge in [-0.2, -0.15) is 0 Å². The molecule has 5 heteroatoms. The highest BCUT2D eigenvalue weighted by Crippen LogP contribution is 2.38. The van der Waals surface area contributed by atoms with E-state index < -0.39 is 0 Å². The molecule has 0 saturated heterocycles. The molecule has 10 aromatic rings. The van der Waals surface area contributed by atoms with Crippen molar-refractivity contribution in [3.8, 4) is 78.9 Å². The van der Waals surface area contributed by atoms with Gasteiger partial charge in [0.25, 0.3) is 0 Å². The van der Waals surface area contributed by atoms with E-state index in [-0.39, 0.29) is 0 Å². The van der Waals surface area contributed by atoms with E-state index in [9.17, 15) is 0 Å². The van der Waals surface area contributed by atoms with Gasteiger partial charge < -0.3 is 4.42 Å². The molecule has 0 saturated carbocycles. The van der Waals surface area contributed by atoms with E-state index in [4.69, 9.17) is 24.4 Å². The van der Waals surface area contributed by atoms with Crippen LogP contribution in [0.15, 0.2) is 199 Å². The van der Waals surface area contributed by atoms with Crippen molar-refractivity contribution >= 4 is 21.9 Å². The molecular weight excluding hydrogens is 673 g/mol. The fourth-order valence-electron chi connectivity index (χ4n) is 7.13. The van der Waals surface area contributed by atoms with Crippen molar-refractivity contribution in [1.82, 2.24) is 19.9 Å². The summed E-state index contributed by atoms with van der Waals surface area (Å²) in [6.45, 7) is 0. The van der Waals surface area contributed by atoms with Crippen molar-refractivity contribution in [3.05, 3.63) is 194 Å². The molecule has 7 aromatic carbocycles. The Morgan fingerprint density at radius 2 is 0.655 bits per heavy atom. The van der Waals surface area contributed by atoms with Gasteiger partial charge in [-0.3, -0.25) is 0 Å². The lowest BCUT2D eigenvalue weighted by Crippen LogP contribution is -1.98. The number of hydrogen-bond acceptors (Lipinski definition) is 5. The highest BCUT2D eigenvalue weighted by molar-refractivity contribution is 6.06. The van der Waals surface area contributed by atoms with Crippen molar-refractivity contribution in [3.63, 3.8) is 0 Å². The van der Waals surface area contributed by atoms with E-state index in [0.717, 1.165) is 89.2 Å². The minimum Gasteiger partial charge on any atom is -0.456 e. The zero-order valence-electron chi connectivity index (χ0n) is 29.7. The highest BCUT2D eigenvalue weighted by atomic mass is 16.3. The van der Waals surface area contributed by atoms with E-state index in [1.807, 2.05) is 91.0 Å². The van der Waals surface area contributed by atoms with Crippen LogP contribution < -0.4 is 0 Å². The minimum absolute atomic E-state index is 0.660. The number of hydrogen-bond donors (Lipinski definition) is 0. The molecule has 0 fully saturated rings. The van der Waals surface area contributed by atoms with Crippen LogP contribution in [0.2, 0.25) is 0 Å². The standard InChI is InChI=1S/C50H32N4O/c1-5-15-33(16-6-1)43-31-45(53-49(51-43)35-19-9-3-10-20-35)39-27-38(37-25-26-42-41-23-13-14-24-47(41)55-48(42)30-37)28-40(29-39)46-32-44(34-17-7-2-8-18-34)52-50(54-46)36-21-11-4-12-22-36/h1-32H. The molecule has 0 spiro atoms. The van der Waals surface area contributed by atoms with Gasteiger partial charge in [0, 0.05) is 44.2 Å². The van der Waals surface area contributed by atoms with Gasteiger partial charge in [0.1, 0.15) is 11.2 Å². The van der Waals surface area contributed by atoms with Crippen molar-refractivity contribution in [2.24, 2.45) is 0 Å². The minimum atomic E-state index is 0.660. The molecule has 0 aliphatic heterocycles. The lowest BCUT2D eigenvalue weighted by Gasteiger charge is -2.14. The van der Waals surface area contributed by atoms with E-state index in [2.05, 4.69) is 103 Å². The maximum Gasteiger partial charge on any atom is 0.160 e. The number of aromatic nitrogens is 4. The van der Waals surface area contributed by atoms with Crippen LogP contribution >= 0.6 is 0 Å². The van der Waals surface area contributed by atoms with E-state index in [0.29, 0.717) is 11.6 Å². The summed E-state index contributed by atoms with van der Waals surface area (Å²) >= 11 is 0. The molecule has 258 valence electrons. The van der Waals surface area contributed by atoms with Gasteiger partial charge in [-0.05, 0) is 59.7 Å². The molecule has 3 heterocycles. The predicted molar refractivity (Wildman–Crippen MR) is 223 cm³/mol. The summed E-state index contributed by atoms with van der Waals surface area (Å²) in [7, 11) is 0. The second kappa shape index (κ2) is 13.8. The number of rotatable bonds is 7. The average molecular weight is 705 g/mol. The molecule has 5 nitrogen and oxygen atoms in total. The average Bonchev–Trinajstić information content (AvgIpc) is 3.65. The normalized spacial score (nSPS) is 11.3. The van der Waals surface area contributed by atoms with Gasteiger partial charge in [-0.25, -0.2) is 19.9 Å². The van der Waals surface area contributed by atoms with Gasteiger partial charge in [0.05, 0.1) is 22.8 Å². The van der Waals surface area contributed by atoms with Crippen molar-refractivity contribution < 1.29 is 4.42 Å². The second-order valence-corrected chi connectivity index (χ2v) is 13.5. The van der Waals surface area contributed by atoms with Crippen molar-refractivity contribution in [2.45, 2.75) is 0 Å². The van der Waals surface area contributed by atoms with Gasteiger partial charge in [0.2, 0.25) is 0 Å². The highest BCUT2D eigenvalue weighted by Gasteiger charge is 2.17. The van der Waals surface area contributed by atoms with Crippen LogP contribution in [-0.4, -0.2) is 19.9 Å². The quantitative estimate of drug-likeness (QED) is 0.165. The number of benzene rings is 7. The number of furan rings is 1. The molecule has 0 amide bonds. The largest absolute Gasteiger partial charge is 0.456 e. The molecule has 0 unspecified atom stereocenters. The summed E-state index contributed by atoms with van der Waals surface area (Å²) in [5.41, 5.74) is 12.9. The van der Waals surface area contributed by atoms with Crippen LogP contribution in [0.3, 0.4) is 0 Å². The first-order valence-electron chi connectivity index (χ1n) is 18.3. The molecule has 0 N–H and O–H groups in total. The number of para-hydroxylation sites is 1. The summed E-state index contributed by atoms with van der Waals surface area (Å²) < 4.78 is 6.36. The van der Waals surface area contributed by atoms with E-state index >= 15 is 0 Å². The van der Waals surface area contributed by atoms with Crippen LogP contribution in [0.5, 0.6) is 0 Å². The lowest BCUT2D eigenvalue weighted by molar-refractivity contribution is 0.669. The SMILES string of the molecule is c1ccc(-c2cc(-c3cc(-c4ccc5c(c4)oc4ccccc45)cc(-c4cc(-c5ccccc5)nc(-c5ccccc5)n4)c3)nc(-c3ccccc3)n2)cc1. The molecule has 0 aliphatic carbocycles. The first-order valence-corrected chi connectivity index (χ1v) is 18.3. The summed E-state index contributed by atoms with van der Waals surface area (Å²) in [6.07, 6.45) is 0. The monoisotopic (exact) mass is 704 g/mol. The molecular formula is C50H32N4O. The zero-order chi connectivity index (χ0) is 36.6. The Kier molecular flexibility index (Phi) is 8.08. The second-order valence-electron chi connectivity index (χ2n) is 13.5. The van der Waals surface area contributed by atoms with Crippen LogP contribution in [-0.2, 0) is 0 Å². The Labute approximate surface area is 318 Å². The smallest absolute Gasteiger partial charge is 0.160 e. The summed E-state index contributed by atoms with van der Waals surface area (Å²) in [4.78, 5) is 20.6. The van der Waals surface area contributed by atoms with Gasteiger partial charge >= 0.3 is 0 Å². The molecule has 0 bridgehead atoms. The maximum absolute atomic E-state index is 6.36. The molecule has 55 heavy (non-hydrogen) atoms. The van der Waals surface area contributed by atoms with Gasteiger partial charge in [0.15, 0.2) is 11.6 Å². The molecule has 10 rings (SSSR count). The topological polar surface area (TPSA) is 64.7 Å². The van der Waals surface area contributed by atoms with E-state index in [1.165, 1.54) is 0 Å². The molecule has 0 aliphatic rings. The fourth-order valence-corrected chi connectivity index (χ4v) is 7.13. The third kappa shape index (κ3) is 6.34. The first-order chi connectivity index (χ1) is 27.2. The zero-order valence-corrected chi connectivity index (χ0v) is 29.7.